The molecular weight excluding hydrogens is 240 g/mol. The molecule has 19 heavy (non-hydrogen) atoms. The van der Waals surface area contributed by atoms with E-state index in [-0.39, 0.29) is 5.91 Å². The number of carbonyl (C=O) groups is 1. The van der Waals surface area contributed by atoms with Crippen molar-refractivity contribution < 1.29 is 4.79 Å². The van der Waals surface area contributed by atoms with Crippen molar-refractivity contribution in [1.29, 1.82) is 0 Å². The summed E-state index contributed by atoms with van der Waals surface area (Å²) in [7, 11) is 1.83. The summed E-state index contributed by atoms with van der Waals surface area (Å²) in [6.45, 7) is 1.93. The number of nitrogens with zero attached hydrogens (tertiary/aromatic N) is 3. The first-order valence-electron chi connectivity index (χ1n) is 7.28. The summed E-state index contributed by atoms with van der Waals surface area (Å²) in [5.74, 6) is 0.134. The number of aromatic nitrogens is 2. The average Bonchev–Trinajstić information content (AvgIpc) is 3.18. The van der Waals surface area contributed by atoms with Gasteiger partial charge in [-0.15, -0.1) is 0 Å². The van der Waals surface area contributed by atoms with Gasteiger partial charge in [-0.3, -0.25) is 9.48 Å². The molecule has 2 aliphatic rings. The molecule has 1 amide bonds. The van der Waals surface area contributed by atoms with E-state index in [0.717, 1.165) is 25.9 Å². The van der Waals surface area contributed by atoms with Crippen molar-refractivity contribution >= 4 is 5.91 Å². The normalized spacial score (nSPS) is 23.3. The van der Waals surface area contributed by atoms with E-state index in [1.54, 1.807) is 10.9 Å². The number of amides is 1. The molecule has 5 heteroatoms. The van der Waals surface area contributed by atoms with Gasteiger partial charge in [-0.25, -0.2) is 0 Å². The maximum Gasteiger partial charge on any atom is 0.272 e. The Morgan fingerprint density at radius 2 is 2.32 bits per heavy atom. The molecule has 1 saturated heterocycles. The second-order valence-corrected chi connectivity index (χ2v) is 5.68. The van der Waals surface area contributed by atoms with Crippen LogP contribution in [-0.2, 0) is 7.05 Å². The van der Waals surface area contributed by atoms with Crippen LogP contribution in [0.4, 0.5) is 0 Å². The molecule has 1 N–H and O–H groups in total. The van der Waals surface area contributed by atoms with Crippen LogP contribution in [0.15, 0.2) is 12.3 Å². The Kier molecular flexibility index (Phi) is 3.55. The molecule has 2 heterocycles. The van der Waals surface area contributed by atoms with Crippen LogP contribution in [0.25, 0.3) is 0 Å². The molecule has 0 bridgehead atoms. The van der Waals surface area contributed by atoms with E-state index < -0.39 is 0 Å². The predicted octanol–water partition coefficient (Wildman–Crippen LogP) is 1.17. The zero-order valence-corrected chi connectivity index (χ0v) is 11.5. The van der Waals surface area contributed by atoms with Gasteiger partial charge < -0.3 is 10.2 Å². The molecule has 5 nitrogen and oxygen atoms in total. The Labute approximate surface area is 114 Å². The topological polar surface area (TPSA) is 50.2 Å². The van der Waals surface area contributed by atoms with Crippen molar-refractivity contribution in [3.05, 3.63) is 18.0 Å². The molecule has 104 valence electrons. The first-order valence-corrected chi connectivity index (χ1v) is 7.28. The van der Waals surface area contributed by atoms with Crippen LogP contribution in [0.5, 0.6) is 0 Å². The highest BCUT2D eigenvalue weighted by Gasteiger charge is 2.35. The number of piperidine rings is 1. The molecule has 1 aromatic rings. The van der Waals surface area contributed by atoms with Gasteiger partial charge in [0.1, 0.15) is 5.69 Å². The minimum Gasteiger partial charge on any atom is -0.333 e. The lowest BCUT2D eigenvalue weighted by atomic mass is 10.0. The Morgan fingerprint density at radius 3 is 2.89 bits per heavy atom. The minimum absolute atomic E-state index is 0.134. The van der Waals surface area contributed by atoms with E-state index in [4.69, 9.17) is 0 Å². The fraction of sp³-hybridized carbons (Fsp3) is 0.714. The van der Waals surface area contributed by atoms with Gasteiger partial charge in [0.15, 0.2) is 0 Å². The number of rotatable bonds is 4. The molecule has 1 unspecified atom stereocenters. The first kappa shape index (κ1) is 12.7. The van der Waals surface area contributed by atoms with Crippen molar-refractivity contribution in [2.45, 2.75) is 44.2 Å². The maximum atomic E-state index is 12.6. The van der Waals surface area contributed by atoms with Gasteiger partial charge >= 0.3 is 0 Å². The van der Waals surface area contributed by atoms with E-state index in [2.05, 4.69) is 15.3 Å². The smallest absolute Gasteiger partial charge is 0.272 e. The molecule has 1 aromatic heterocycles. The van der Waals surface area contributed by atoms with E-state index in [0.29, 0.717) is 17.8 Å². The largest absolute Gasteiger partial charge is 0.333 e. The highest BCUT2D eigenvalue weighted by atomic mass is 16.2. The Morgan fingerprint density at radius 1 is 1.47 bits per heavy atom. The number of aryl methyl sites for hydroxylation is 1. The third-order valence-corrected chi connectivity index (χ3v) is 4.12. The van der Waals surface area contributed by atoms with E-state index in [1.165, 1.54) is 19.3 Å². The van der Waals surface area contributed by atoms with Crippen LogP contribution in [0, 0.1) is 0 Å². The molecule has 0 radical (unpaired) electrons. The second kappa shape index (κ2) is 5.33. The van der Waals surface area contributed by atoms with E-state index >= 15 is 0 Å². The van der Waals surface area contributed by atoms with E-state index in [9.17, 15) is 4.79 Å². The summed E-state index contributed by atoms with van der Waals surface area (Å²) in [5.41, 5.74) is 0.697. The van der Waals surface area contributed by atoms with Crippen LogP contribution in [0.2, 0.25) is 0 Å². The number of carbonyl (C=O) groups excluding carboxylic acids is 1. The number of hydrogen-bond acceptors (Lipinski definition) is 3. The van der Waals surface area contributed by atoms with Crippen LogP contribution < -0.4 is 5.32 Å². The number of nitrogens with one attached hydrogen (secondary N) is 1. The van der Waals surface area contributed by atoms with Crippen LogP contribution in [0.3, 0.4) is 0 Å². The number of hydrogen-bond donors (Lipinski definition) is 1. The Balaban J connectivity index is 1.70. The fourth-order valence-corrected chi connectivity index (χ4v) is 2.83. The average molecular weight is 262 g/mol. The summed E-state index contributed by atoms with van der Waals surface area (Å²) in [6, 6.07) is 2.73. The van der Waals surface area contributed by atoms with Gasteiger partial charge in [0.25, 0.3) is 5.91 Å². The third kappa shape index (κ3) is 2.81. The molecule has 0 spiro atoms. The molecule has 0 aromatic carbocycles. The zero-order valence-electron chi connectivity index (χ0n) is 11.5. The monoisotopic (exact) mass is 262 g/mol. The highest BCUT2D eigenvalue weighted by Crippen LogP contribution is 2.29. The molecule has 1 atom stereocenters. The standard InChI is InChI=1S/C14H22N4O/c1-17-13(7-9-16-17)14(19)18(12-5-6-12)10-11-4-2-3-8-15-11/h7,9,11-12,15H,2-6,8,10H2,1H3. The summed E-state index contributed by atoms with van der Waals surface area (Å²) < 4.78 is 1.67. The summed E-state index contributed by atoms with van der Waals surface area (Å²) in [6.07, 6.45) is 7.71. The van der Waals surface area contributed by atoms with Crippen molar-refractivity contribution in [2.24, 2.45) is 7.05 Å². The van der Waals surface area contributed by atoms with Crippen molar-refractivity contribution in [2.75, 3.05) is 13.1 Å². The molecule has 2 fully saturated rings. The van der Waals surface area contributed by atoms with Crippen molar-refractivity contribution in [1.82, 2.24) is 20.0 Å². The lowest BCUT2D eigenvalue weighted by Crippen LogP contribution is -2.47. The quantitative estimate of drug-likeness (QED) is 0.886. The summed E-state index contributed by atoms with van der Waals surface area (Å²) in [4.78, 5) is 14.7. The summed E-state index contributed by atoms with van der Waals surface area (Å²) in [5, 5.41) is 7.63. The van der Waals surface area contributed by atoms with Gasteiger partial charge in [0.2, 0.25) is 0 Å². The molecule has 3 rings (SSSR count). The summed E-state index contributed by atoms with van der Waals surface area (Å²) >= 11 is 0. The molecule has 1 aliphatic carbocycles. The Bertz CT molecular complexity index is 446. The van der Waals surface area contributed by atoms with Gasteiger partial charge in [0.05, 0.1) is 0 Å². The van der Waals surface area contributed by atoms with Crippen molar-refractivity contribution in [3.8, 4) is 0 Å². The molecule has 1 saturated carbocycles. The third-order valence-electron chi connectivity index (χ3n) is 4.12. The SMILES string of the molecule is Cn1nccc1C(=O)N(CC1CCCCN1)C1CC1. The Hall–Kier alpha value is -1.36. The minimum atomic E-state index is 0.134. The predicted molar refractivity (Wildman–Crippen MR) is 72.9 cm³/mol. The van der Waals surface area contributed by atoms with E-state index in [1.807, 2.05) is 13.1 Å². The molecular formula is C14H22N4O. The van der Waals surface area contributed by atoms with Gasteiger partial charge in [-0.2, -0.15) is 5.10 Å². The zero-order chi connectivity index (χ0) is 13.2. The van der Waals surface area contributed by atoms with Gasteiger partial charge in [-0.1, -0.05) is 6.42 Å². The maximum absolute atomic E-state index is 12.6. The fourth-order valence-electron chi connectivity index (χ4n) is 2.83. The van der Waals surface area contributed by atoms with Crippen LogP contribution in [-0.4, -0.2) is 45.8 Å². The van der Waals surface area contributed by atoms with Gasteiger partial charge in [0, 0.05) is 31.9 Å². The molecule has 1 aliphatic heterocycles. The van der Waals surface area contributed by atoms with Gasteiger partial charge in [-0.05, 0) is 38.3 Å². The lowest BCUT2D eigenvalue weighted by molar-refractivity contribution is 0.0706. The highest BCUT2D eigenvalue weighted by molar-refractivity contribution is 5.93. The first-order chi connectivity index (χ1) is 9.25. The lowest BCUT2D eigenvalue weighted by Gasteiger charge is -2.30. The van der Waals surface area contributed by atoms with Crippen LogP contribution in [0.1, 0.15) is 42.6 Å². The van der Waals surface area contributed by atoms with Crippen LogP contribution >= 0.6 is 0 Å². The van der Waals surface area contributed by atoms with Crippen molar-refractivity contribution in [3.63, 3.8) is 0 Å². The second-order valence-electron chi connectivity index (χ2n) is 5.68.